The first kappa shape index (κ1) is 20.2. The van der Waals surface area contributed by atoms with Gasteiger partial charge in [0.15, 0.2) is 5.60 Å². The zero-order valence-electron chi connectivity index (χ0n) is 16.5. The van der Waals surface area contributed by atoms with Crippen molar-refractivity contribution in [3.05, 3.63) is 53.6 Å². The summed E-state index contributed by atoms with van der Waals surface area (Å²) in [6.45, 7) is 6.21. The van der Waals surface area contributed by atoms with Crippen LogP contribution in [0.1, 0.15) is 25.0 Å². The maximum absolute atomic E-state index is 14.6. The van der Waals surface area contributed by atoms with E-state index in [1.807, 2.05) is 30.9 Å². The van der Waals surface area contributed by atoms with E-state index in [-0.39, 0.29) is 23.0 Å². The van der Waals surface area contributed by atoms with E-state index in [1.54, 1.807) is 30.3 Å². The second kappa shape index (κ2) is 7.03. The molecule has 0 aromatic heterocycles. The lowest BCUT2D eigenvalue weighted by Gasteiger charge is -2.37. The van der Waals surface area contributed by atoms with Gasteiger partial charge in [-0.3, -0.25) is 4.79 Å². The minimum absolute atomic E-state index is 0.0423. The predicted molar refractivity (Wildman–Crippen MR) is 113 cm³/mol. The molecule has 1 aliphatic carbocycles. The van der Waals surface area contributed by atoms with Crippen molar-refractivity contribution >= 4 is 20.8 Å². The number of carbonyl (C=O) groups is 1. The zero-order valence-corrected chi connectivity index (χ0v) is 17.7. The third-order valence-corrected chi connectivity index (χ3v) is 6.35. The number of rotatable bonds is 3. The molecule has 29 heavy (non-hydrogen) atoms. The van der Waals surface area contributed by atoms with Gasteiger partial charge in [0.05, 0.1) is 0 Å². The Balaban J connectivity index is 1.67. The molecule has 1 saturated heterocycles. The number of carbonyl (C=O) groups excluding carboxylic acids is 1. The van der Waals surface area contributed by atoms with Gasteiger partial charge in [-0.15, -0.1) is 0 Å². The van der Waals surface area contributed by atoms with E-state index < -0.39 is 11.3 Å². The Morgan fingerprint density at radius 3 is 2.31 bits per heavy atom. The Morgan fingerprint density at radius 2 is 1.69 bits per heavy atom. The average molecular weight is 418 g/mol. The molecule has 4 nitrogen and oxygen atoms in total. The normalized spacial score (nSPS) is 21.3. The molecule has 2 atom stereocenters. The van der Waals surface area contributed by atoms with Crippen LogP contribution in [0.4, 0.5) is 14.5 Å². The number of aliphatic hydroxyl groups is 1. The lowest BCUT2D eigenvalue weighted by Crippen LogP contribution is -2.50. The topological polar surface area (TPSA) is 43.8 Å². The smallest absolute Gasteiger partial charge is 0.295 e. The lowest BCUT2D eigenvalue weighted by atomic mass is 9.91. The summed E-state index contributed by atoms with van der Waals surface area (Å²) in [6.07, 6.45) is 0. The van der Waals surface area contributed by atoms with Crippen LogP contribution in [-0.4, -0.2) is 47.8 Å². The number of fused-ring (bicyclic) bond motifs is 3. The van der Waals surface area contributed by atoms with Gasteiger partial charge in [0, 0.05) is 48.9 Å². The number of benzene rings is 2. The van der Waals surface area contributed by atoms with Gasteiger partial charge in [-0.2, -0.15) is 8.78 Å². The van der Waals surface area contributed by atoms with Crippen molar-refractivity contribution < 1.29 is 18.7 Å². The monoisotopic (exact) mass is 418 g/mol. The van der Waals surface area contributed by atoms with Crippen LogP contribution in [0.15, 0.2) is 42.5 Å². The number of amides is 1. The molecule has 1 fully saturated rings. The maximum atomic E-state index is 14.6. The van der Waals surface area contributed by atoms with Gasteiger partial charge in [-0.05, 0) is 23.3 Å². The van der Waals surface area contributed by atoms with Gasteiger partial charge in [-0.1, -0.05) is 53.4 Å². The molecule has 0 spiro atoms. The summed E-state index contributed by atoms with van der Waals surface area (Å²) in [7, 11) is 1.50. The second-order valence-corrected chi connectivity index (χ2v) is 8.80. The van der Waals surface area contributed by atoms with Crippen molar-refractivity contribution in [2.75, 3.05) is 31.1 Å². The average Bonchev–Trinajstić information content (AvgIpc) is 2.97. The number of anilines is 1. The maximum Gasteiger partial charge on any atom is 0.295 e. The van der Waals surface area contributed by atoms with Crippen LogP contribution < -0.4 is 4.90 Å². The molecule has 1 heterocycles. The molecular weight excluding hydrogens is 393 g/mol. The molecule has 2 aromatic rings. The molecule has 1 amide bonds. The number of piperazine rings is 1. The summed E-state index contributed by atoms with van der Waals surface area (Å²) >= 11 is 0. The third kappa shape index (κ3) is 3.13. The van der Waals surface area contributed by atoms with Crippen molar-refractivity contribution in [2.45, 2.75) is 25.1 Å². The van der Waals surface area contributed by atoms with E-state index in [2.05, 4.69) is 4.90 Å². The highest BCUT2D eigenvalue weighted by atomic mass is 31.0. The van der Waals surface area contributed by atoms with Gasteiger partial charge >= 0.3 is 0 Å². The van der Waals surface area contributed by atoms with Crippen molar-refractivity contribution in [3.63, 3.8) is 0 Å². The molecule has 154 valence electrons. The minimum Gasteiger partial charge on any atom is -0.374 e. The minimum atomic E-state index is -3.42. The van der Waals surface area contributed by atoms with Crippen LogP contribution in [0, 0.1) is 5.92 Å². The van der Waals surface area contributed by atoms with Crippen molar-refractivity contribution in [1.29, 1.82) is 0 Å². The molecule has 1 N–H and O–H groups in total. The lowest BCUT2D eigenvalue weighted by molar-refractivity contribution is -0.134. The Morgan fingerprint density at radius 1 is 1.07 bits per heavy atom. The molecule has 2 unspecified atom stereocenters. The fraction of sp³-hybridized carbons (Fsp3) is 0.409. The van der Waals surface area contributed by atoms with E-state index in [1.165, 1.54) is 9.24 Å². The second-order valence-electron chi connectivity index (χ2n) is 8.08. The zero-order chi connectivity index (χ0) is 21.0. The van der Waals surface area contributed by atoms with Gasteiger partial charge in [0.25, 0.3) is 5.66 Å². The van der Waals surface area contributed by atoms with Crippen molar-refractivity contribution in [1.82, 2.24) is 4.90 Å². The highest BCUT2D eigenvalue weighted by Crippen LogP contribution is 2.57. The fourth-order valence-corrected chi connectivity index (χ4v) is 4.66. The number of hydrogen-bond acceptors (Lipinski definition) is 3. The van der Waals surface area contributed by atoms with E-state index >= 15 is 0 Å². The van der Waals surface area contributed by atoms with Crippen LogP contribution in [0.3, 0.4) is 0 Å². The standard InChI is InChI=1S/C22H25F2N2O2P/c1-14(2)20(27)26-11-9-25(10-12-26)15-7-8-17-16-5-3-4-6-18(16)21(28,19(17)13-15)22(23,24)29/h3-8,13-14,28H,9-12,29H2,1-2H3. The molecule has 2 aliphatic rings. The SMILES string of the molecule is CC(C)C(=O)N1CCN(c2ccc3c(c2)C(O)(C(F)(F)P)c2ccccc2-3)CC1. The van der Waals surface area contributed by atoms with E-state index in [4.69, 9.17) is 0 Å². The Labute approximate surface area is 171 Å². The third-order valence-electron chi connectivity index (χ3n) is 5.93. The Hall–Kier alpha value is -2.04. The summed E-state index contributed by atoms with van der Waals surface area (Å²) in [5.41, 5.74) is -3.34. The van der Waals surface area contributed by atoms with E-state index in [0.717, 1.165) is 5.69 Å². The van der Waals surface area contributed by atoms with Gasteiger partial charge in [-0.25, -0.2) is 0 Å². The summed E-state index contributed by atoms with van der Waals surface area (Å²) < 4.78 is 29.2. The van der Waals surface area contributed by atoms with E-state index in [0.29, 0.717) is 37.3 Å². The number of hydrogen-bond donors (Lipinski definition) is 1. The highest BCUT2D eigenvalue weighted by molar-refractivity contribution is 7.18. The molecule has 0 radical (unpaired) electrons. The Kier molecular flexibility index (Phi) is 4.91. The highest BCUT2D eigenvalue weighted by Gasteiger charge is 2.56. The molecule has 1 aliphatic heterocycles. The van der Waals surface area contributed by atoms with E-state index in [9.17, 15) is 18.7 Å². The largest absolute Gasteiger partial charge is 0.374 e. The first-order chi connectivity index (χ1) is 13.6. The number of halogens is 2. The first-order valence-electron chi connectivity index (χ1n) is 9.82. The number of alkyl halides is 2. The van der Waals surface area contributed by atoms with Crippen molar-refractivity contribution in [3.8, 4) is 11.1 Å². The number of nitrogens with zero attached hydrogens (tertiary/aromatic N) is 2. The van der Waals surface area contributed by atoms with Crippen LogP contribution in [0.5, 0.6) is 0 Å². The van der Waals surface area contributed by atoms with Crippen LogP contribution in [-0.2, 0) is 10.4 Å². The van der Waals surface area contributed by atoms with Crippen LogP contribution >= 0.6 is 9.24 Å². The predicted octanol–water partition coefficient (Wildman–Crippen LogP) is 3.68. The summed E-state index contributed by atoms with van der Waals surface area (Å²) in [6, 6.07) is 12.2. The van der Waals surface area contributed by atoms with Gasteiger partial charge in [0.1, 0.15) is 0 Å². The molecule has 0 bridgehead atoms. The van der Waals surface area contributed by atoms with Gasteiger partial charge in [0.2, 0.25) is 5.91 Å². The molecule has 7 heteroatoms. The van der Waals surface area contributed by atoms with Gasteiger partial charge < -0.3 is 14.9 Å². The summed E-state index contributed by atoms with van der Waals surface area (Å²) in [4.78, 5) is 16.1. The summed E-state index contributed by atoms with van der Waals surface area (Å²) in [5, 5.41) is 11.2. The molecule has 0 saturated carbocycles. The Bertz CT molecular complexity index is 952. The summed E-state index contributed by atoms with van der Waals surface area (Å²) in [5.74, 6) is 0.0883. The molecular formula is C22H25F2N2O2P. The van der Waals surface area contributed by atoms with Crippen LogP contribution in [0.25, 0.3) is 11.1 Å². The molecule has 2 aromatic carbocycles. The fourth-order valence-electron chi connectivity index (χ4n) is 4.35. The van der Waals surface area contributed by atoms with Crippen LogP contribution in [0.2, 0.25) is 0 Å². The molecule has 4 rings (SSSR count). The first-order valence-corrected chi connectivity index (χ1v) is 10.4. The quantitative estimate of drug-likeness (QED) is 0.774. The van der Waals surface area contributed by atoms with Crippen molar-refractivity contribution in [2.24, 2.45) is 5.92 Å².